The lowest BCUT2D eigenvalue weighted by Crippen LogP contribution is -2.44. The van der Waals surface area contributed by atoms with E-state index in [1.807, 2.05) is 6.07 Å². The van der Waals surface area contributed by atoms with E-state index in [-0.39, 0.29) is 24.2 Å². The van der Waals surface area contributed by atoms with Crippen molar-refractivity contribution < 1.29 is 13.2 Å². The van der Waals surface area contributed by atoms with Gasteiger partial charge in [-0.3, -0.25) is 4.79 Å². The van der Waals surface area contributed by atoms with Gasteiger partial charge in [-0.15, -0.1) is 12.4 Å². The quantitative estimate of drug-likeness (QED) is 0.772. The Labute approximate surface area is 145 Å². The molecule has 124 valence electrons. The second-order valence-electron chi connectivity index (χ2n) is 5.25. The molecule has 0 aromatic heterocycles. The highest BCUT2D eigenvalue weighted by Gasteiger charge is 2.21. The van der Waals surface area contributed by atoms with Crippen molar-refractivity contribution in [2.75, 3.05) is 18.8 Å². The molecule has 0 saturated carbocycles. The van der Waals surface area contributed by atoms with Gasteiger partial charge in [0.2, 0.25) is 5.91 Å². The molecule has 8 heteroatoms. The van der Waals surface area contributed by atoms with Crippen molar-refractivity contribution in [2.24, 2.45) is 0 Å². The van der Waals surface area contributed by atoms with Crippen LogP contribution in [0.2, 0.25) is 0 Å². The monoisotopic (exact) mass is 410 g/mol. The van der Waals surface area contributed by atoms with Crippen LogP contribution in [-0.4, -0.2) is 39.2 Å². The average molecular weight is 412 g/mol. The van der Waals surface area contributed by atoms with Gasteiger partial charge in [0.15, 0.2) is 9.84 Å². The number of hydrogen-bond acceptors (Lipinski definition) is 4. The summed E-state index contributed by atoms with van der Waals surface area (Å²) in [6.07, 6.45) is 1.69. The van der Waals surface area contributed by atoms with Crippen LogP contribution in [-0.2, 0) is 20.4 Å². The normalized spacial score (nSPS) is 15.9. The zero-order valence-electron chi connectivity index (χ0n) is 12.0. The van der Waals surface area contributed by atoms with E-state index in [0.717, 1.165) is 30.4 Å². The second kappa shape index (κ2) is 8.86. The number of piperidine rings is 1. The highest BCUT2D eigenvalue weighted by atomic mass is 79.9. The summed E-state index contributed by atoms with van der Waals surface area (Å²) in [6, 6.07) is 7.19. The van der Waals surface area contributed by atoms with Crippen LogP contribution in [0.1, 0.15) is 18.4 Å². The first-order valence-electron chi connectivity index (χ1n) is 6.89. The van der Waals surface area contributed by atoms with Gasteiger partial charge in [0.1, 0.15) is 5.75 Å². The van der Waals surface area contributed by atoms with Crippen molar-refractivity contribution in [2.45, 2.75) is 24.6 Å². The first kappa shape index (κ1) is 19.4. The standard InChI is InChI=1S/C14H19BrN2O3S.ClH/c15-12-3-1-2-11(8-12)9-21(19,20)10-14(18)17-13-4-6-16-7-5-13;/h1-3,8,13,16H,4-7,9-10H2,(H,17,18);1H. The minimum atomic E-state index is -3.45. The van der Waals surface area contributed by atoms with E-state index in [1.54, 1.807) is 18.2 Å². The number of rotatable bonds is 5. The minimum absolute atomic E-state index is 0. The maximum atomic E-state index is 12.1. The van der Waals surface area contributed by atoms with Crippen molar-refractivity contribution >= 4 is 44.1 Å². The number of nitrogens with one attached hydrogen (secondary N) is 2. The van der Waals surface area contributed by atoms with Gasteiger partial charge in [-0.1, -0.05) is 28.1 Å². The van der Waals surface area contributed by atoms with Gasteiger partial charge in [0, 0.05) is 10.5 Å². The number of carbonyl (C=O) groups excluding carboxylic acids is 1. The summed E-state index contributed by atoms with van der Waals surface area (Å²) in [5, 5.41) is 6.00. The van der Waals surface area contributed by atoms with Gasteiger partial charge in [0.05, 0.1) is 5.75 Å². The molecule has 1 aromatic rings. The van der Waals surface area contributed by atoms with E-state index in [4.69, 9.17) is 0 Å². The first-order chi connectivity index (χ1) is 9.94. The summed E-state index contributed by atoms with van der Waals surface area (Å²) in [4.78, 5) is 11.9. The molecule has 1 aliphatic heterocycles. The van der Waals surface area contributed by atoms with Crippen molar-refractivity contribution in [1.82, 2.24) is 10.6 Å². The molecule has 0 unspecified atom stereocenters. The van der Waals surface area contributed by atoms with Crippen LogP contribution in [0.15, 0.2) is 28.7 Å². The molecule has 0 atom stereocenters. The molecule has 22 heavy (non-hydrogen) atoms. The van der Waals surface area contributed by atoms with E-state index in [2.05, 4.69) is 26.6 Å². The lowest BCUT2D eigenvalue weighted by molar-refractivity contribution is -0.119. The number of benzene rings is 1. The van der Waals surface area contributed by atoms with Crippen molar-refractivity contribution in [1.29, 1.82) is 0 Å². The Balaban J connectivity index is 0.00000242. The van der Waals surface area contributed by atoms with Gasteiger partial charge < -0.3 is 10.6 Å². The van der Waals surface area contributed by atoms with Gasteiger partial charge in [-0.2, -0.15) is 0 Å². The fourth-order valence-electron chi connectivity index (χ4n) is 2.37. The molecule has 0 aliphatic carbocycles. The Morgan fingerprint density at radius 2 is 2.00 bits per heavy atom. The van der Waals surface area contributed by atoms with Crippen LogP contribution in [0, 0.1) is 0 Å². The van der Waals surface area contributed by atoms with E-state index in [9.17, 15) is 13.2 Å². The molecule has 0 radical (unpaired) electrons. The smallest absolute Gasteiger partial charge is 0.235 e. The van der Waals surface area contributed by atoms with E-state index in [1.165, 1.54) is 0 Å². The van der Waals surface area contributed by atoms with E-state index < -0.39 is 21.5 Å². The second-order valence-corrected chi connectivity index (χ2v) is 8.23. The van der Waals surface area contributed by atoms with Gasteiger partial charge in [-0.05, 0) is 43.6 Å². The molecule has 2 rings (SSSR count). The molecule has 0 bridgehead atoms. The molecule has 1 amide bonds. The molecular weight excluding hydrogens is 392 g/mol. The predicted molar refractivity (Wildman–Crippen MR) is 92.9 cm³/mol. The Hall–Kier alpha value is -0.630. The molecule has 1 aromatic carbocycles. The Kier molecular flexibility index (Phi) is 7.82. The maximum Gasteiger partial charge on any atom is 0.235 e. The van der Waals surface area contributed by atoms with E-state index in [0.29, 0.717) is 5.56 Å². The van der Waals surface area contributed by atoms with Crippen LogP contribution < -0.4 is 10.6 Å². The third kappa shape index (κ3) is 6.64. The van der Waals surface area contributed by atoms with Crippen LogP contribution in [0.4, 0.5) is 0 Å². The van der Waals surface area contributed by atoms with Crippen LogP contribution in [0.25, 0.3) is 0 Å². The molecule has 1 aliphatic rings. The SMILES string of the molecule is Cl.O=C(CS(=O)(=O)Cc1cccc(Br)c1)NC1CCNCC1. The lowest BCUT2D eigenvalue weighted by atomic mass is 10.1. The predicted octanol–water partition coefficient (Wildman–Crippen LogP) is 1.65. The molecule has 0 spiro atoms. The summed E-state index contributed by atoms with van der Waals surface area (Å²) in [5.74, 6) is -0.980. The van der Waals surface area contributed by atoms with Crippen LogP contribution in [0.3, 0.4) is 0 Å². The van der Waals surface area contributed by atoms with E-state index >= 15 is 0 Å². The third-order valence-electron chi connectivity index (χ3n) is 3.33. The molecule has 1 fully saturated rings. The van der Waals surface area contributed by atoms with Gasteiger partial charge >= 0.3 is 0 Å². The number of sulfone groups is 1. The van der Waals surface area contributed by atoms with Crippen LogP contribution >= 0.6 is 28.3 Å². The number of carbonyl (C=O) groups is 1. The summed E-state index contributed by atoms with van der Waals surface area (Å²) >= 11 is 3.31. The molecule has 5 nitrogen and oxygen atoms in total. The topological polar surface area (TPSA) is 75.3 Å². The summed E-state index contributed by atoms with van der Waals surface area (Å²) in [7, 11) is -3.45. The van der Waals surface area contributed by atoms with Crippen LogP contribution in [0.5, 0.6) is 0 Å². The maximum absolute atomic E-state index is 12.1. The number of hydrogen-bond donors (Lipinski definition) is 2. The lowest BCUT2D eigenvalue weighted by Gasteiger charge is -2.23. The molecule has 1 saturated heterocycles. The first-order valence-corrected chi connectivity index (χ1v) is 9.51. The largest absolute Gasteiger partial charge is 0.352 e. The fourth-order valence-corrected chi connectivity index (χ4v) is 4.09. The highest BCUT2D eigenvalue weighted by Crippen LogP contribution is 2.14. The number of halogens is 2. The summed E-state index contributed by atoms with van der Waals surface area (Å²) in [6.45, 7) is 1.71. The number of amides is 1. The summed E-state index contributed by atoms with van der Waals surface area (Å²) in [5.41, 5.74) is 0.680. The third-order valence-corrected chi connectivity index (χ3v) is 5.30. The summed E-state index contributed by atoms with van der Waals surface area (Å²) < 4.78 is 25.0. The van der Waals surface area contributed by atoms with Crippen molar-refractivity contribution in [3.63, 3.8) is 0 Å². The Morgan fingerprint density at radius 3 is 2.64 bits per heavy atom. The molecule has 1 heterocycles. The average Bonchev–Trinajstić information content (AvgIpc) is 2.38. The van der Waals surface area contributed by atoms with Gasteiger partial charge in [-0.25, -0.2) is 8.42 Å². The zero-order chi connectivity index (χ0) is 15.3. The highest BCUT2D eigenvalue weighted by molar-refractivity contribution is 9.10. The van der Waals surface area contributed by atoms with Crippen molar-refractivity contribution in [3.05, 3.63) is 34.3 Å². The molecule has 2 N–H and O–H groups in total. The zero-order valence-corrected chi connectivity index (χ0v) is 15.3. The van der Waals surface area contributed by atoms with Crippen molar-refractivity contribution in [3.8, 4) is 0 Å². The minimum Gasteiger partial charge on any atom is -0.352 e. The molecular formula is C14H20BrClN2O3S. The van der Waals surface area contributed by atoms with Gasteiger partial charge in [0.25, 0.3) is 0 Å². The Morgan fingerprint density at radius 1 is 1.32 bits per heavy atom. The Bertz CT molecular complexity index is 604. The fraction of sp³-hybridized carbons (Fsp3) is 0.500.